The fraction of sp³-hybridized carbons (Fsp3) is 0.545. The molecule has 1 heterocycles. The van der Waals surface area contributed by atoms with E-state index in [-0.39, 0.29) is 24.9 Å². The van der Waals surface area contributed by atoms with Crippen LogP contribution in [-0.4, -0.2) is 41.9 Å². The first-order chi connectivity index (χ1) is 8.82. The Kier molecular flexibility index (Phi) is 5.08. The molecule has 19 heavy (non-hydrogen) atoms. The molecular weight excluding hydrogens is 265 g/mol. The molecule has 0 aromatic heterocycles. The highest BCUT2D eigenvalue weighted by molar-refractivity contribution is 6.12. The fourth-order valence-electron chi connectivity index (χ4n) is 1.53. The molecule has 3 amide bonds. The molecule has 1 aliphatic rings. The first kappa shape index (κ1) is 15.2. The fourth-order valence-corrected chi connectivity index (χ4v) is 1.53. The number of unbranched alkanes of at least 4 members (excludes halogenated alkanes) is 2. The normalized spacial score (nSPS) is 15.2. The lowest BCUT2D eigenvalue weighted by Crippen LogP contribution is -2.37. The zero-order valence-electron chi connectivity index (χ0n) is 10.00. The third-order valence-corrected chi connectivity index (χ3v) is 2.50. The Labute approximate surface area is 107 Å². The smallest absolute Gasteiger partial charge is 0.348 e. The molecule has 0 aliphatic carbocycles. The average molecular weight is 278 g/mol. The number of halogens is 3. The highest BCUT2D eigenvalue weighted by Gasteiger charge is 2.38. The summed E-state index contributed by atoms with van der Waals surface area (Å²) in [6, 6.07) is 0. The van der Waals surface area contributed by atoms with Gasteiger partial charge >= 0.3 is 12.1 Å². The van der Waals surface area contributed by atoms with Crippen molar-refractivity contribution >= 4 is 17.7 Å². The molecule has 0 radical (unpaired) electrons. The van der Waals surface area contributed by atoms with Gasteiger partial charge in [0.2, 0.25) is 0 Å². The SMILES string of the molecule is O=C1C=CC(=O)N1CCCCCNC(=O)C(F)(F)F. The second-order valence-electron chi connectivity index (χ2n) is 3.98. The minimum absolute atomic E-state index is 0.0848. The number of imide groups is 1. The van der Waals surface area contributed by atoms with Gasteiger partial charge in [0, 0.05) is 25.2 Å². The Morgan fingerprint density at radius 2 is 1.68 bits per heavy atom. The lowest BCUT2D eigenvalue weighted by Gasteiger charge is -2.13. The van der Waals surface area contributed by atoms with E-state index in [9.17, 15) is 27.6 Å². The van der Waals surface area contributed by atoms with Crippen molar-refractivity contribution in [2.45, 2.75) is 25.4 Å². The summed E-state index contributed by atoms with van der Waals surface area (Å²) in [6.07, 6.45) is -1.17. The second kappa shape index (κ2) is 6.35. The van der Waals surface area contributed by atoms with Crippen molar-refractivity contribution in [2.24, 2.45) is 0 Å². The molecule has 0 bridgehead atoms. The van der Waals surface area contributed by atoms with Crippen LogP contribution in [0.2, 0.25) is 0 Å². The maximum absolute atomic E-state index is 11.8. The minimum atomic E-state index is -4.86. The number of carbonyl (C=O) groups is 3. The van der Waals surface area contributed by atoms with Gasteiger partial charge in [-0.25, -0.2) is 0 Å². The Morgan fingerprint density at radius 1 is 1.11 bits per heavy atom. The Balaban J connectivity index is 2.08. The van der Waals surface area contributed by atoms with Crippen molar-refractivity contribution in [1.82, 2.24) is 10.2 Å². The van der Waals surface area contributed by atoms with Crippen molar-refractivity contribution in [1.29, 1.82) is 0 Å². The summed E-state index contributed by atoms with van der Waals surface area (Å²) in [4.78, 5) is 33.8. The van der Waals surface area contributed by atoms with E-state index in [0.717, 1.165) is 4.90 Å². The van der Waals surface area contributed by atoms with E-state index in [4.69, 9.17) is 0 Å². The molecule has 0 saturated carbocycles. The molecule has 0 fully saturated rings. The maximum atomic E-state index is 11.8. The van der Waals surface area contributed by atoms with Crippen LogP contribution in [0.5, 0.6) is 0 Å². The van der Waals surface area contributed by atoms with E-state index in [0.29, 0.717) is 19.3 Å². The molecule has 1 rings (SSSR count). The first-order valence-electron chi connectivity index (χ1n) is 5.71. The van der Waals surface area contributed by atoms with Crippen LogP contribution in [0, 0.1) is 0 Å². The van der Waals surface area contributed by atoms with Gasteiger partial charge < -0.3 is 5.32 Å². The van der Waals surface area contributed by atoms with Gasteiger partial charge in [-0.3, -0.25) is 19.3 Å². The zero-order chi connectivity index (χ0) is 14.5. The molecule has 0 spiro atoms. The molecule has 5 nitrogen and oxygen atoms in total. The summed E-state index contributed by atoms with van der Waals surface area (Å²) in [5.41, 5.74) is 0. The summed E-state index contributed by atoms with van der Waals surface area (Å²) >= 11 is 0. The van der Waals surface area contributed by atoms with E-state index < -0.39 is 12.1 Å². The Hall–Kier alpha value is -1.86. The number of alkyl halides is 3. The number of nitrogens with one attached hydrogen (secondary N) is 1. The van der Waals surface area contributed by atoms with Crippen molar-refractivity contribution in [2.75, 3.05) is 13.1 Å². The van der Waals surface area contributed by atoms with Crippen LogP contribution in [0.4, 0.5) is 13.2 Å². The Bertz CT molecular complexity index is 386. The standard InChI is InChI=1S/C11H13F3N2O3/c12-11(13,14)10(19)15-6-2-1-3-7-16-8(17)4-5-9(16)18/h4-5H,1-3,6-7H2,(H,15,19). The molecule has 106 valence electrons. The quantitative estimate of drug-likeness (QED) is 0.576. The third kappa shape index (κ3) is 4.72. The summed E-state index contributed by atoms with van der Waals surface area (Å²) in [5, 5.41) is 1.74. The number of nitrogens with zero attached hydrogens (tertiary/aromatic N) is 1. The molecule has 0 aromatic carbocycles. The second-order valence-corrected chi connectivity index (χ2v) is 3.98. The van der Waals surface area contributed by atoms with Gasteiger partial charge in [-0.1, -0.05) is 0 Å². The lowest BCUT2D eigenvalue weighted by atomic mass is 10.2. The van der Waals surface area contributed by atoms with Gasteiger partial charge in [-0.05, 0) is 19.3 Å². The average Bonchev–Trinajstić information content (AvgIpc) is 2.63. The molecule has 1 aliphatic heterocycles. The molecule has 1 N–H and O–H groups in total. The number of carbonyl (C=O) groups excluding carboxylic acids is 3. The van der Waals surface area contributed by atoms with Gasteiger partial charge in [-0.2, -0.15) is 13.2 Å². The van der Waals surface area contributed by atoms with Gasteiger partial charge in [0.15, 0.2) is 0 Å². The van der Waals surface area contributed by atoms with E-state index >= 15 is 0 Å². The van der Waals surface area contributed by atoms with Crippen LogP contribution in [0.3, 0.4) is 0 Å². The van der Waals surface area contributed by atoms with Crippen LogP contribution in [0.1, 0.15) is 19.3 Å². The third-order valence-electron chi connectivity index (χ3n) is 2.50. The largest absolute Gasteiger partial charge is 0.471 e. The molecular formula is C11H13F3N2O3. The van der Waals surface area contributed by atoms with Crippen LogP contribution in [-0.2, 0) is 14.4 Å². The topological polar surface area (TPSA) is 66.5 Å². The Morgan fingerprint density at radius 3 is 2.21 bits per heavy atom. The monoisotopic (exact) mass is 278 g/mol. The van der Waals surface area contributed by atoms with Gasteiger partial charge in [0.25, 0.3) is 11.8 Å². The predicted molar refractivity (Wildman–Crippen MR) is 58.8 cm³/mol. The predicted octanol–water partition coefficient (Wildman–Crippen LogP) is 0.760. The van der Waals surface area contributed by atoms with E-state index in [1.165, 1.54) is 12.2 Å². The summed E-state index contributed by atoms with van der Waals surface area (Å²) in [7, 11) is 0. The zero-order valence-corrected chi connectivity index (χ0v) is 10.00. The first-order valence-corrected chi connectivity index (χ1v) is 5.71. The number of hydrogen-bond donors (Lipinski definition) is 1. The lowest BCUT2D eigenvalue weighted by molar-refractivity contribution is -0.173. The van der Waals surface area contributed by atoms with Crippen molar-refractivity contribution in [3.63, 3.8) is 0 Å². The van der Waals surface area contributed by atoms with Crippen LogP contribution in [0.25, 0.3) is 0 Å². The van der Waals surface area contributed by atoms with Crippen molar-refractivity contribution < 1.29 is 27.6 Å². The van der Waals surface area contributed by atoms with Gasteiger partial charge in [-0.15, -0.1) is 0 Å². The number of hydrogen-bond acceptors (Lipinski definition) is 3. The van der Waals surface area contributed by atoms with Crippen LogP contribution >= 0.6 is 0 Å². The van der Waals surface area contributed by atoms with Crippen molar-refractivity contribution in [3.8, 4) is 0 Å². The highest BCUT2D eigenvalue weighted by Crippen LogP contribution is 2.14. The number of amides is 3. The molecule has 0 saturated heterocycles. The summed E-state index contributed by atoms with van der Waals surface area (Å²) < 4.78 is 35.4. The van der Waals surface area contributed by atoms with Gasteiger partial charge in [0.05, 0.1) is 0 Å². The van der Waals surface area contributed by atoms with Crippen LogP contribution < -0.4 is 5.32 Å². The van der Waals surface area contributed by atoms with E-state index in [2.05, 4.69) is 0 Å². The maximum Gasteiger partial charge on any atom is 0.471 e. The summed E-state index contributed by atoms with van der Waals surface area (Å²) in [5.74, 6) is -2.72. The van der Waals surface area contributed by atoms with Gasteiger partial charge in [0.1, 0.15) is 0 Å². The van der Waals surface area contributed by atoms with Crippen LogP contribution in [0.15, 0.2) is 12.2 Å². The van der Waals surface area contributed by atoms with E-state index in [1.54, 1.807) is 5.32 Å². The molecule has 0 unspecified atom stereocenters. The summed E-state index contributed by atoms with van der Waals surface area (Å²) in [6.45, 7) is 0.149. The van der Waals surface area contributed by atoms with Crippen molar-refractivity contribution in [3.05, 3.63) is 12.2 Å². The molecule has 0 atom stereocenters. The molecule has 0 aromatic rings. The molecule has 8 heteroatoms. The van der Waals surface area contributed by atoms with E-state index in [1.807, 2.05) is 0 Å². The minimum Gasteiger partial charge on any atom is -0.348 e. The number of rotatable bonds is 6. The highest BCUT2D eigenvalue weighted by atomic mass is 19.4.